The molecule has 0 aromatic carbocycles. The first-order valence-electron chi connectivity index (χ1n) is 6.83. The van der Waals surface area contributed by atoms with E-state index in [1.54, 1.807) is 0 Å². The predicted molar refractivity (Wildman–Crippen MR) is 84.3 cm³/mol. The van der Waals surface area contributed by atoms with Crippen molar-refractivity contribution < 1.29 is 21.6 Å². The molecule has 0 bridgehead atoms. The van der Waals surface area contributed by atoms with Gasteiger partial charge >= 0.3 is 6.18 Å². The number of rotatable bonds is 7. The number of hydrogen-bond acceptors (Lipinski definition) is 5. The molecule has 0 saturated heterocycles. The zero-order valence-corrected chi connectivity index (χ0v) is 14.4. The summed E-state index contributed by atoms with van der Waals surface area (Å²) in [7, 11) is -3.02. The van der Waals surface area contributed by atoms with Crippen LogP contribution in [0.1, 0.15) is 24.0 Å². The van der Waals surface area contributed by atoms with Gasteiger partial charge in [0.1, 0.15) is 14.8 Å². The minimum absolute atomic E-state index is 0.0160. The molecule has 1 aromatic rings. The average Bonchev–Trinajstić information content (AvgIpc) is 2.88. The molecule has 0 aliphatic carbocycles. The molecule has 0 atom stereocenters. The maximum Gasteiger partial charge on any atom is 0.434 e. The number of thiazole rings is 1. The van der Waals surface area contributed by atoms with Gasteiger partial charge < -0.3 is 10.6 Å². The van der Waals surface area contributed by atoms with Crippen LogP contribution >= 0.6 is 11.3 Å². The van der Waals surface area contributed by atoms with E-state index in [2.05, 4.69) is 20.6 Å². The van der Waals surface area contributed by atoms with Crippen molar-refractivity contribution in [2.45, 2.75) is 26.1 Å². The minimum Gasteiger partial charge on any atom is -0.357 e. The van der Waals surface area contributed by atoms with Gasteiger partial charge in [-0.1, -0.05) is 0 Å². The van der Waals surface area contributed by atoms with E-state index in [0.717, 1.165) is 23.0 Å². The zero-order valence-electron chi connectivity index (χ0n) is 12.8. The molecule has 1 aromatic heterocycles. The molecule has 0 radical (unpaired) electrons. The van der Waals surface area contributed by atoms with Crippen LogP contribution in [0.4, 0.5) is 13.2 Å². The van der Waals surface area contributed by atoms with Crippen LogP contribution in [0.25, 0.3) is 0 Å². The van der Waals surface area contributed by atoms with Gasteiger partial charge in [-0.05, 0) is 13.3 Å². The van der Waals surface area contributed by atoms with Crippen molar-refractivity contribution in [2.24, 2.45) is 4.99 Å². The van der Waals surface area contributed by atoms with Crippen LogP contribution in [-0.2, 0) is 22.6 Å². The van der Waals surface area contributed by atoms with Crippen molar-refractivity contribution in [2.75, 3.05) is 25.1 Å². The Labute approximate surface area is 137 Å². The van der Waals surface area contributed by atoms with Gasteiger partial charge in [0.2, 0.25) is 0 Å². The number of halogens is 3. The van der Waals surface area contributed by atoms with Crippen LogP contribution in [0.2, 0.25) is 0 Å². The van der Waals surface area contributed by atoms with Crippen molar-refractivity contribution in [3.8, 4) is 0 Å². The summed E-state index contributed by atoms with van der Waals surface area (Å²) in [5, 5.41) is 7.07. The van der Waals surface area contributed by atoms with Crippen molar-refractivity contribution >= 4 is 27.1 Å². The van der Waals surface area contributed by atoms with E-state index in [0.29, 0.717) is 25.5 Å². The highest BCUT2D eigenvalue weighted by Gasteiger charge is 2.33. The predicted octanol–water partition coefficient (Wildman–Crippen LogP) is 1.65. The minimum atomic E-state index is -4.45. The number of alkyl halides is 3. The molecule has 23 heavy (non-hydrogen) atoms. The maximum atomic E-state index is 12.5. The monoisotopic (exact) mass is 372 g/mol. The largest absolute Gasteiger partial charge is 0.434 e. The molecule has 1 rings (SSSR count). The van der Waals surface area contributed by atoms with Gasteiger partial charge in [-0.2, -0.15) is 13.2 Å². The second-order valence-electron chi connectivity index (χ2n) is 4.73. The first kappa shape index (κ1) is 19.7. The molecule has 0 spiro atoms. The summed E-state index contributed by atoms with van der Waals surface area (Å²) in [5.41, 5.74) is -0.918. The molecule has 0 aliphatic rings. The highest BCUT2D eigenvalue weighted by molar-refractivity contribution is 7.90. The number of sulfone groups is 1. The van der Waals surface area contributed by atoms with Crippen LogP contribution < -0.4 is 10.6 Å². The van der Waals surface area contributed by atoms with Crippen molar-refractivity contribution in [3.05, 3.63) is 16.1 Å². The number of aliphatic imine (C=N–C) groups is 1. The number of nitrogens with zero attached hydrogens (tertiary/aromatic N) is 2. The number of hydrogen-bond donors (Lipinski definition) is 2. The normalized spacial score (nSPS) is 13.2. The van der Waals surface area contributed by atoms with Crippen molar-refractivity contribution in [1.29, 1.82) is 0 Å². The fourth-order valence-electron chi connectivity index (χ4n) is 1.54. The number of aromatic nitrogens is 1. The van der Waals surface area contributed by atoms with Crippen LogP contribution in [0.5, 0.6) is 0 Å². The third kappa shape index (κ3) is 8.16. The topological polar surface area (TPSA) is 83.4 Å². The molecule has 11 heteroatoms. The Hall–Kier alpha value is -1.36. The van der Waals surface area contributed by atoms with E-state index in [1.165, 1.54) is 0 Å². The summed E-state index contributed by atoms with van der Waals surface area (Å²) >= 11 is 0.895. The lowest BCUT2D eigenvalue weighted by atomic mass is 10.5. The standard InChI is InChI=1S/C12H19F3N4O2S2/c1-3-16-11(17-5-4-6-23(2,20)21)18-7-10-19-9(8-22-10)12(13,14)15/h8H,3-7H2,1-2H3,(H2,16,17,18). The molecule has 0 saturated carbocycles. The van der Waals surface area contributed by atoms with Crippen LogP contribution in [0.15, 0.2) is 10.4 Å². The smallest absolute Gasteiger partial charge is 0.357 e. The summed E-state index contributed by atoms with van der Waals surface area (Å²) in [6.45, 7) is 2.83. The summed E-state index contributed by atoms with van der Waals surface area (Å²) in [6.07, 6.45) is -2.88. The molecular formula is C12H19F3N4O2S2. The lowest BCUT2D eigenvalue weighted by Gasteiger charge is -2.10. The first-order chi connectivity index (χ1) is 10.6. The van der Waals surface area contributed by atoms with Crippen molar-refractivity contribution in [3.63, 3.8) is 0 Å². The van der Waals surface area contributed by atoms with Gasteiger partial charge in [0, 0.05) is 24.7 Å². The number of guanidine groups is 1. The van der Waals surface area contributed by atoms with Gasteiger partial charge in [-0.3, -0.25) is 0 Å². The molecule has 0 fully saturated rings. The third-order valence-corrected chi connectivity index (χ3v) is 4.41. The lowest BCUT2D eigenvalue weighted by Crippen LogP contribution is -2.38. The van der Waals surface area contributed by atoms with E-state index in [4.69, 9.17) is 0 Å². The average molecular weight is 372 g/mol. The van der Waals surface area contributed by atoms with Crippen LogP contribution in [-0.4, -0.2) is 44.5 Å². The van der Waals surface area contributed by atoms with Crippen LogP contribution in [0, 0.1) is 0 Å². The molecular weight excluding hydrogens is 353 g/mol. The van der Waals surface area contributed by atoms with E-state index in [9.17, 15) is 21.6 Å². The quantitative estimate of drug-likeness (QED) is 0.432. The van der Waals surface area contributed by atoms with Crippen molar-refractivity contribution in [1.82, 2.24) is 15.6 Å². The highest BCUT2D eigenvalue weighted by Crippen LogP contribution is 2.30. The van der Waals surface area contributed by atoms with E-state index in [1.807, 2.05) is 6.92 Å². The maximum absolute atomic E-state index is 12.5. The van der Waals surface area contributed by atoms with Gasteiger partial charge in [-0.25, -0.2) is 18.4 Å². The Morgan fingerprint density at radius 3 is 2.61 bits per heavy atom. The SMILES string of the molecule is CCNC(=NCc1nc(C(F)(F)F)cs1)NCCCS(C)(=O)=O. The number of nitrogens with one attached hydrogen (secondary N) is 2. The third-order valence-electron chi connectivity index (χ3n) is 2.54. The molecule has 0 amide bonds. The van der Waals surface area contributed by atoms with E-state index >= 15 is 0 Å². The zero-order chi connectivity index (χ0) is 17.5. The molecule has 132 valence electrons. The molecule has 0 aliphatic heterocycles. The van der Waals surface area contributed by atoms with Gasteiger partial charge in [0.05, 0.1) is 12.3 Å². The van der Waals surface area contributed by atoms with Gasteiger partial charge in [0.15, 0.2) is 11.7 Å². The highest BCUT2D eigenvalue weighted by atomic mass is 32.2. The molecule has 2 N–H and O–H groups in total. The second-order valence-corrected chi connectivity index (χ2v) is 7.93. The van der Waals surface area contributed by atoms with E-state index in [-0.39, 0.29) is 17.3 Å². The van der Waals surface area contributed by atoms with Gasteiger partial charge in [-0.15, -0.1) is 11.3 Å². The fourth-order valence-corrected chi connectivity index (χ4v) is 2.94. The second kappa shape index (κ2) is 8.48. The fraction of sp³-hybridized carbons (Fsp3) is 0.667. The summed E-state index contributed by atoms with van der Waals surface area (Å²) in [5.74, 6) is 0.464. The Bertz CT molecular complexity index is 626. The van der Waals surface area contributed by atoms with E-state index < -0.39 is 21.7 Å². The first-order valence-corrected chi connectivity index (χ1v) is 9.77. The molecule has 6 nitrogen and oxygen atoms in total. The summed E-state index contributed by atoms with van der Waals surface area (Å²) in [4.78, 5) is 7.63. The Balaban J connectivity index is 2.56. The lowest BCUT2D eigenvalue weighted by molar-refractivity contribution is -0.140. The van der Waals surface area contributed by atoms with Gasteiger partial charge in [0.25, 0.3) is 0 Å². The molecule has 0 unspecified atom stereocenters. The summed E-state index contributed by atoms with van der Waals surface area (Å²) < 4.78 is 59.4. The Kier molecular flexibility index (Phi) is 7.26. The van der Waals surface area contributed by atoms with Crippen LogP contribution in [0.3, 0.4) is 0 Å². The summed E-state index contributed by atoms with van der Waals surface area (Å²) in [6, 6.07) is 0. The Morgan fingerprint density at radius 1 is 1.39 bits per heavy atom. The Morgan fingerprint density at radius 2 is 2.09 bits per heavy atom. The molecule has 1 heterocycles.